The number of halogens is 2. The summed E-state index contributed by atoms with van der Waals surface area (Å²) in [5.74, 6) is -1.95. The van der Waals surface area contributed by atoms with Crippen LogP contribution in [0.3, 0.4) is 0 Å². The summed E-state index contributed by atoms with van der Waals surface area (Å²) < 4.78 is 6.13. The van der Waals surface area contributed by atoms with Crippen molar-refractivity contribution >= 4 is 44.9 Å². The van der Waals surface area contributed by atoms with Crippen LogP contribution in [0.2, 0.25) is 5.02 Å². The molecule has 3 nitrogen and oxygen atoms in total. The molecule has 1 aliphatic rings. The highest BCUT2D eigenvalue weighted by Crippen LogP contribution is 2.42. The molecule has 0 amide bonds. The molecular weight excluding hydrogens is 416 g/mol. The summed E-state index contributed by atoms with van der Waals surface area (Å²) in [4.78, 5) is 25.3. The Balaban J connectivity index is 2.04. The molecule has 0 aliphatic heterocycles. The van der Waals surface area contributed by atoms with E-state index in [-0.39, 0.29) is 18.3 Å². The topological polar surface area (TPSA) is 43.4 Å². The monoisotopic (exact) mass is 432 g/mol. The van der Waals surface area contributed by atoms with Crippen LogP contribution < -0.4 is 0 Å². The van der Waals surface area contributed by atoms with E-state index in [9.17, 15) is 9.59 Å². The van der Waals surface area contributed by atoms with Crippen LogP contribution in [0, 0.1) is 5.92 Å². The molecule has 0 bridgehead atoms. The van der Waals surface area contributed by atoms with Gasteiger partial charge in [-0.3, -0.25) is 9.59 Å². The summed E-state index contributed by atoms with van der Waals surface area (Å²) in [6.07, 6.45) is 2.11. The van der Waals surface area contributed by atoms with Crippen LogP contribution in [-0.2, 0) is 14.3 Å². The average molecular weight is 434 g/mol. The van der Waals surface area contributed by atoms with Crippen LogP contribution in [0.25, 0.3) is 5.57 Å². The molecule has 0 fully saturated rings. The maximum Gasteiger partial charge on any atom is 0.317 e. The normalized spacial score (nSPS) is 19.8. The maximum absolute atomic E-state index is 12.8. The van der Waals surface area contributed by atoms with Crippen molar-refractivity contribution < 1.29 is 14.3 Å². The highest BCUT2D eigenvalue weighted by Gasteiger charge is 2.40. The maximum atomic E-state index is 12.8. The Morgan fingerprint density at radius 1 is 1.19 bits per heavy atom. The van der Waals surface area contributed by atoms with Gasteiger partial charge in [0.25, 0.3) is 0 Å². The van der Waals surface area contributed by atoms with Gasteiger partial charge < -0.3 is 4.74 Å². The smallest absolute Gasteiger partial charge is 0.317 e. The van der Waals surface area contributed by atoms with Crippen LogP contribution >= 0.6 is 27.5 Å². The van der Waals surface area contributed by atoms with E-state index < -0.39 is 11.9 Å². The van der Waals surface area contributed by atoms with Gasteiger partial charge in [-0.05, 0) is 54.3 Å². The third-order valence-corrected chi connectivity index (χ3v) is 5.40. The van der Waals surface area contributed by atoms with E-state index in [2.05, 4.69) is 15.9 Å². The van der Waals surface area contributed by atoms with Crippen LogP contribution in [0.15, 0.2) is 59.1 Å². The zero-order chi connectivity index (χ0) is 18.7. The van der Waals surface area contributed by atoms with Crippen molar-refractivity contribution in [2.45, 2.75) is 19.3 Å². The molecule has 0 radical (unpaired) electrons. The fourth-order valence-electron chi connectivity index (χ4n) is 3.32. The first-order valence-corrected chi connectivity index (χ1v) is 9.59. The van der Waals surface area contributed by atoms with Gasteiger partial charge in [-0.25, -0.2) is 0 Å². The molecule has 0 aromatic heterocycles. The van der Waals surface area contributed by atoms with Gasteiger partial charge in [0, 0.05) is 15.4 Å². The number of allylic oxidation sites excluding steroid dienone is 2. The van der Waals surface area contributed by atoms with Crippen molar-refractivity contribution in [2.24, 2.45) is 5.92 Å². The summed E-state index contributed by atoms with van der Waals surface area (Å²) >= 11 is 9.80. The highest BCUT2D eigenvalue weighted by molar-refractivity contribution is 9.10. The van der Waals surface area contributed by atoms with Crippen molar-refractivity contribution in [3.05, 3.63) is 75.2 Å². The van der Waals surface area contributed by atoms with Gasteiger partial charge >= 0.3 is 5.97 Å². The minimum Gasteiger partial charge on any atom is -0.465 e. The van der Waals surface area contributed by atoms with E-state index >= 15 is 0 Å². The molecule has 134 valence electrons. The lowest BCUT2D eigenvalue weighted by molar-refractivity contribution is -0.151. The van der Waals surface area contributed by atoms with Gasteiger partial charge in [-0.2, -0.15) is 0 Å². The molecule has 5 heteroatoms. The number of carbonyl (C=O) groups excluding carboxylic acids is 2. The first kappa shape index (κ1) is 18.9. The van der Waals surface area contributed by atoms with Crippen molar-refractivity contribution in [2.75, 3.05) is 6.61 Å². The molecule has 0 spiro atoms. The Morgan fingerprint density at radius 2 is 1.88 bits per heavy atom. The summed E-state index contributed by atoms with van der Waals surface area (Å²) in [5, 5.41) is 0.552. The van der Waals surface area contributed by atoms with Gasteiger partial charge in [0.1, 0.15) is 5.92 Å². The van der Waals surface area contributed by atoms with E-state index in [1.807, 2.05) is 42.5 Å². The first-order valence-electron chi connectivity index (χ1n) is 8.42. The number of rotatable bonds is 4. The largest absolute Gasteiger partial charge is 0.465 e. The second kappa shape index (κ2) is 8.19. The number of carbonyl (C=O) groups is 2. The Hall–Kier alpha value is -1.91. The quantitative estimate of drug-likeness (QED) is 0.477. The Morgan fingerprint density at radius 3 is 2.54 bits per heavy atom. The fourth-order valence-corrected chi connectivity index (χ4v) is 3.86. The average Bonchev–Trinajstić information content (AvgIpc) is 2.62. The predicted molar refractivity (Wildman–Crippen MR) is 106 cm³/mol. The van der Waals surface area contributed by atoms with Gasteiger partial charge in [-0.1, -0.05) is 57.9 Å². The number of esters is 1. The van der Waals surface area contributed by atoms with Crippen LogP contribution in [0.4, 0.5) is 0 Å². The van der Waals surface area contributed by atoms with E-state index in [0.29, 0.717) is 11.4 Å². The lowest BCUT2D eigenvalue weighted by Crippen LogP contribution is -2.34. The molecule has 3 rings (SSSR count). The zero-order valence-corrected chi connectivity index (χ0v) is 16.6. The third kappa shape index (κ3) is 3.92. The summed E-state index contributed by atoms with van der Waals surface area (Å²) in [7, 11) is 0. The molecule has 2 aromatic carbocycles. The third-order valence-electron chi connectivity index (χ3n) is 4.53. The van der Waals surface area contributed by atoms with Crippen molar-refractivity contribution in [3.63, 3.8) is 0 Å². The van der Waals surface area contributed by atoms with Crippen LogP contribution in [-0.4, -0.2) is 18.4 Å². The van der Waals surface area contributed by atoms with Gasteiger partial charge in [0.05, 0.1) is 6.61 Å². The summed E-state index contributed by atoms with van der Waals surface area (Å²) in [6.45, 7) is 1.97. The first-order chi connectivity index (χ1) is 12.5. The zero-order valence-electron chi connectivity index (χ0n) is 14.2. The standard InChI is InChI=1S/C21H18BrClO3/c1-2-26-21(25)20-17(16-5-3-4-6-18(16)23)11-14(12-19(20)24)13-7-9-15(22)10-8-13/h3-10,12,17,20H,2,11H2,1H3. The Kier molecular flexibility index (Phi) is 5.94. The lowest BCUT2D eigenvalue weighted by atomic mass is 9.73. The number of hydrogen-bond acceptors (Lipinski definition) is 3. The minimum absolute atomic E-state index is 0.237. The lowest BCUT2D eigenvalue weighted by Gasteiger charge is -2.30. The molecule has 0 saturated heterocycles. The van der Waals surface area contributed by atoms with Gasteiger partial charge in [0.2, 0.25) is 0 Å². The SMILES string of the molecule is CCOC(=O)C1C(=O)C=C(c2ccc(Br)cc2)CC1c1ccccc1Cl. The molecular formula is C21H18BrClO3. The van der Waals surface area contributed by atoms with E-state index in [0.717, 1.165) is 21.2 Å². The van der Waals surface area contributed by atoms with Crippen LogP contribution in [0.5, 0.6) is 0 Å². The molecule has 0 N–H and O–H groups in total. The molecule has 0 saturated carbocycles. The Labute approximate surface area is 166 Å². The van der Waals surface area contributed by atoms with E-state index in [4.69, 9.17) is 16.3 Å². The second-order valence-electron chi connectivity index (χ2n) is 6.14. The highest BCUT2D eigenvalue weighted by atomic mass is 79.9. The molecule has 0 heterocycles. The molecule has 2 aromatic rings. The molecule has 2 atom stereocenters. The number of hydrogen-bond donors (Lipinski definition) is 0. The van der Waals surface area contributed by atoms with Crippen molar-refractivity contribution in [3.8, 4) is 0 Å². The van der Waals surface area contributed by atoms with Crippen molar-refractivity contribution in [1.82, 2.24) is 0 Å². The predicted octanol–water partition coefficient (Wildman–Crippen LogP) is 5.42. The van der Waals surface area contributed by atoms with Crippen molar-refractivity contribution in [1.29, 1.82) is 0 Å². The number of ether oxygens (including phenoxy) is 1. The Bertz CT molecular complexity index is 858. The van der Waals surface area contributed by atoms with Gasteiger partial charge in [-0.15, -0.1) is 0 Å². The molecule has 2 unspecified atom stereocenters. The van der Waals surface area contributed by atoms with Crippen LogP contribution in [0.1, 0.15) is 30.4 Å². The minimum atomic E-state index is -0.867. The summed E-state index contributed by atoms with van der Waals surface area (Å²) in [5.41, 5.74) is 2.65. The number of benzene rings is 2. The summed E-state index contributed by atoms with van der Waals surface area (Å²) in [6, 6.07) is 15.1. The molecule has 1 aliphatic carbocycles. The van der Waals surface area contributed by atoms with Gasteiger partial charge in [0.15, 0.2) is 5.78 Å². The van der Waals surface area contributed by atoms with E-state index in [1.165, 1.54) is 0 Å². The fraction of sp³-hybridized carbons (Fsp3) is 0.238. The number of ketones is 1. The second-order valence-corrected chi connectivity index (χ2v) is 7.46. The van der Waals surface area contributed by atoms with E-state index in [1.54, 1.807) is 19.1 Å². The molecule has 26 heavy (non-hydrogen) atoms.